The molecule has 10 heteroatoms. The molecule has 40 heavy (non-hydrogen) atoms. The number of thiol groups is 1. The third-order valence-electron chi connectivity index (χ3n) is 5.92. The van der Waals surface area contributed by atoms with Crippen LogP contribution in [0.2, 0.25) is 0 Å². The van der Waals surface area contributed by atoms with E-state index in [2.05, 4.69) is 43.0 Å². The van der Waals surface area contributed by atoms with Gasteiger partial charge in [0.25, 0.3) is 0 Å². The Kier molecular flexibility index (Phi) is 14.6. The lowest BCUT2D eigenvalue weighted by Crippen LogP contribution is -2.56. The molecule has 3 amide bonds. The lowest BCUT2D eigenvalue weighted by atomic mass is 9.96. The Morgan fingerprint density at radius 2 is 1.70 bits per heavy atom. The zero-order valence-corrected chi connectivity index (χ0v) is 25.7. The second-order valence-corrected chi connectivity index (χ2v) is 11.3. The maximum Gasteiger partial charge on any atom is 0.408 e. The van der Waals surface area contributed by atoms with Crippen LogP contribution in [0.4, 0.5) is 4.79 Å². The van der Waals surface area contributed by atoms with Crippen molar-refractivity contribution in [2.24, 2.45) is 5.92 Å². The van der Waals surface area contributed by atoms with Crippen LogP contribution in [0.3, 0.4) is 0 Å². The summed E-state index contributed by atoms with van der Waals surface area (Å²) in [4.78, 5) is 53.7. The number of ether oxygens (including phenoxy) is 2. The highest BCUT2D eigenvalue weighted by atomic mass is 32.1. The quantitative estimate of drug-likeness (QED) is 0.174. The number of carbonyl (C=O) groups excluding carboxylic acids is 4. The Morgan fingerprint density at radius 3 is 2.20 bits per heavy atom. The van der Waals surface area contributed by atoms with Crippen molar-refractivity contribution in [2.75, 3.05) is 18.9 Å². The minimum atomic E-state index is -1.06. The van der Waals surface area contributed by atoms with Crippen LogP contribution in [0, 0.1) is 18.3 Å². The van der Waals surface area contributed by atoms with Gasteiger partial charge in [0, 0.05) is 23.9 Å². The molecule has 0 radical (unpaired) electrons. The summed E-state index contributed by atoms with van der Waals surface area (Å²) in [6, 6.07) is 4.31. The fourth-order valence-corrected chi connectivity index (χ4v) is 4.19. The first-order chi connectivity index (χ1) is 18.7. The van der Waals surface area contributed by atoms with Gasteiger partial charge in [0.2, 0.25) is 11.8 Å². The van der Waals surface area contributed by atoms with E-state index in [0.717, 1.165) is 6.42 Å². The van der Waals surface area contributed by atoms with Crippen molar-refractivity contribution >= 4 is 36.5 Å². The van der Waals surface area contributed by atoms with Gasteiger partial charge in [-0.15, -0.1) is 6.42 Å². The minimum Gasteiger partial charge on any atom is -0.466 e. The second kappa shape index (κ2) is 16.8. The first-order valence-corrected chi connectivity index (χ1v) is 14.3. The van der Waals surface area contributed by atoms with Gasteiger partial charge in [-0.05, 0) is 71.1 Å². The number of terminal acetylenes is 1. The molecule has 1 rings (SSSR count). The van der Waals surface area contributed by atoms with Gasteiger partial charge >= 0.3 is 12.1 Å². The van der Waals surface area contributed by atoms with Crippen LogP contribution in [0.5, 0.6) is 0 Å². The number of hydrogen-bond acceptors (Lipinski definition) is 7. The third-order valence-corrected chi connectivity index (χ3v) is 6.28. The van der Waals surface area contributed by atoms with Crippen LogP contribution in [0.25, 0.3) is 0 Å². The average Bonchev–Trinajstić information content (AvgIpc) is 2.87. The van der Waals surface area contributed by atoms with Gasteiger partial charge in [0.1, 0.15) is 17.7 Å². The van der Waals surface area contributed by atoms with E-state index in [1.54, 1.807) is 52.0 Å². The predicted molar refractivity (Wildman–Crippen MR) is 159 cm³/mol. The molecule has 0 saturated carbocycles. The van der Waals surface area contributed by atoms with Gasteiger partial charge in [0.05, 0.1) is 13.0 Å². The standard InChI is InChI=1S/C30H45N3O6S/c1-9-22-13-15-23(16-14-22)26(27(35)31-18-17-25(34)38-10-2)33(21(5)12-11-20(3)4)28(36)24(19-40)32-29(37)39-30(6,7)8/h1,13-16,20-21,24,26,40H,10-12,17-19H2,2-8H3,(H,31,35)(H,32,37). The van der Waals surface area contributed by atoms with E-state index >= 15 is 0 Å². The van der Waals surface area contributed by atoms with Crippen LogP contribution < -0.4 is 10.6 Å². The maximum atomic E-state index is 14.1. The Balaban J connectivity index is 3.49. The molecule has 0 aliphatic heterocycles. The van der Waals surface area contributed by atoms with Crippen LogP contribution >= 0.6 is 12.6 Å². The number of nitrogens with one attached hydrogen (secondary N) is 2. The van der Waals surface area contributed by atoms with E-state index in [-0.39, 0.29) is 31.4 Å². The van der Waals surface area contributed by atoms with Gasteiger partial charge in [-0.1, -0.05) is 31.9 Å². The molecule has 0 aliphatic rings. The molecule has 2 N–H and O–H groups in total. The molecule has 1 aromatic rings. The lowest BCUT2D eigenvalue weighted by Gasteiger charge is -2.38. The highest BCUT2D eigenvalue weighted by Gasteiger charge is 2.38. The fourth-order valence-electron chi connectivity index (χ4n) is 3.95. The molecule has 0 aliphatic carbocycles. The Labute approximate surface area is 244 Å². The second-order valence-electron chi connectivity index (χ2n) is 11.0. The van der Waals surface area contributed by atoms with E-state index in [0.29, 0.717) is 23.5 Å². The largest absolute Gasteiger partial charge is 0.466 e. The summed E-state index contributed by atoms with van der Waals surface area (Å²) in [6.07, 6.45) is 6.18. The molecule has 0 aromatic heterocycles. The summed E-state index contributed by atoms with van der Waals surface area (Å²) in [5.74, 6) is 1.51. The van der Waals surface area contributed by atoms with Crippen molar-refractivity contribution in [3.8, 4) is 12.3 Å². The minimum absolute atomic E-state index is 0.0152. The van der Waals surface area contributed by atoms with Gasteiger partial charge in [-0.2, -0.15) is 12.6 Å². The van der Waals surface area contributed by atoms with Gasteiger partial charge in [-0.25, -0.2) is 4.79 Å². The fraction of sp³-hybridized carbons (Fsp3) is 0.600. The van der Waals surface area contributed by atoms with Crippen molar-refractivity contribution in [1.29, 1.82) is 0 Å². The van der Waals surface area contributed by atoms with Crippen LogP contribution in [0.1, 0.15) is 84.9 Å². The summed E-state index contributed by atoms with van der Waals surface area (Å²) in [6.45, 7) is 13.2. The van der Waals surface area contributed by atoms with E-state index in [9.17, 15) is 19.2 Å². The molecule has 222 valence electrons. The molecule has 0 saturated heterocycles. The summed E-state index contributed by atoms with van der Waals surface area (Å²) >= 11 is 4.33. The van der Waals surface area contributed by atoms with Crippen LogP contribution in [-0.2, 0) is 23.9 Å². The predicted octanol–water partition coefficient (Wildman–Crippen LogP) is 4.25. The Hall–Kier alpha value is -3.19. The smallest absolute Gasteiger partial charge is 0.408 e. The average molecular weight is 576 g/mol. The number of amides is 3. The molecule has 3 atom stereocenters. The molecule has 0 bridgehead atoms. The number of esters is 1. The van der Waals surface area contributed by atoms with Gasteiger partial charge in [0.15, 0.2) is 0 Å². The number of nitrogens with zero attached hydrogens (tertiary/aromatic N) is 1. The first-order valence-electron chi connectivity index (χ1n) is 13.7. The Bertz CT molecular complexity index is 1030. The summed E-state index contributed by atoms with van der Waals surface area (Å²) in [5, 5.41) is 5.39. The molecule has 0 heterocycles. The molecular formula is C30H45N3O6S. The maximum absolute atomic E-state index is 14.1. The van der Waals surface area contributed by atoms with Crippen molar-refractivity contribution < 1.29 is 28.7 Å². The van der Waals surface area contributed by atoms with E-state index in [1.807, 2.05) is 6.92 Å². The molecular weight excluding hydrogens is 530 g/mol. The molecule has 3 unspecified atom stereocenters. The number of rotatable bonds is 14. The number of carbonyl (C=O) groups is 4. The normalized spacial score (nSPS) is 13.4. The summed E-state index contributed by atoms with van der Waals surface area (Å²) in [7, 11) is 0. The SMILES string of the molecule is C#Cc1ccc(C(C(=O)NCCC(=O)OCC)N(C(=O)C(CS)NC(=O)OC(C)(C)C)C(C)CCC(C)C)cc1. The monoisotopic (exact) mass is 575 g/mol. The molecule has 9 nitrogen and oxygen atoms in total. The number of alkyl carbamates (subject to hydrolysis) is 1. The van der Waals surface area contributed by atoms with E-state index in [4.69, 9.17) is 15.9 Å². The van der Waals surface area contributed by atoms with Crippen LogP contribution in [-0.4, -0.2) is 65.4 Å². The summed E-state index contributed by atoms with van der Waals surface area (Å²) < 4.78 is 10.3. The van der Waals surface area contributed by atoms with E-state index in [1.165, 1.54) is 4.90 Å². The number of benzene rings is 1. The molecule has 0 spiro atoms. The zero-order valence-electron chi connectivity index (χ0n) is 24.8. The lowest BCUT2D eigenvalue weighted by molar-refractivity contribution is -0.145. The van der Waals surface area contributed by atoms with Gasteiger partial charge < -0.3 is 25.0 Å². The molecule has 1 aromatic carbocycles. The van der Waals surface area contributed by atoms with E-state index < -0.39 is 41.6 Å². The molecule has 0 fully saturated rings. The summed E-state index contributed by atoms with van der Waals surface area (Å²) in [5.41, 5.74) is 0.391. The first kappa shape index (κ1) is 34.8. The Morgan fingerprint density at radius 1 is 1.07 bits per heavy atom. The zero-order chi connectivity index (χ0) is 30.5. The van der Waals surface area contributed by atoms with Crippen molar-refractivity contribution in [1.82, 2.24) is 15.5 Å². The van der Waals surface area contributed by atoms with Crippen molar-refractivity contribution in [3.63, 3.8) is 0 Å². The highest BCUT2D eigenvalue weighted by Crippen LogP contribution is 2.28. The van der Waals surface area contributed by atoms with Crippen molar-refractivity contribution in [2.45, 2.75) is 91.5 Å². The topological polar surface area (TPSA) is 114 Å². The highest BCUT2D eigenvalue weighted by molar-refractivity contribution is 7.80. The number of hydrogen-bond donors (Lipinski definition) is 3. The van der Waals surface area contributed by atoms with Crippen molar-refractivity contribution in [3.05, 3.63) is 35.4 Å². The van der Waals surface area contributed by atoms with Gasteiger partial charge in [-0.3, -0.25) is 14.4 Å². The third kappa shape index (κ3) is 11.9. The van der Waals surface area contributed by atoms with Crippen LogP contribution in [0.15, 0.2) is 24.3 Å².